The number of methoxy groups -OCH3 is 1. The first-order chi connectivity index (χ1) is 8.56. The molecule has 18 heavy (non-hydrogen) atoms. The average molecular weight is 260 g/mol. The average Bonchev–Trinajstić information content (AvgIpc) is 2.78. The Hall–Kier alpha value is -1.10. The van der Waals surface area contributed by atoms with Crippen LogP contribution in [0.15, 0.2) is 0 Å². The van der Waals surface area contributed by atoms with E-state index in [1.54, 1.807) is 0 Å². The molecular formula is C13H12F4O. The molecule has 1 nitrogen and oxygen atoms in total. The summed E-state index contributed by atoms with van der Waals surface area (Å²) in [5, 5.41) is 0. The highest BCUT2D eigenvalue weighted by molar-refractivity contribution is 5.40. The lowest BCUT2D eigenvalue weighted by Crippen LogP contribution is -2.23. The van der Waals surface area contributed by atoms with E-state index in [2.05, 4.69) is 0 Å². The summed E-state index contributed by atoms with van der Waals surface area (Å²) < 4.78 is 59.5. The summed E-state index contributed by atoms with van der Waals surface area (Å²) >= 11 is 0. The molecule has 5 heteroatoms. The van der Waals surface area contributed by atoms with Crippen molar-refractivity contribution < 1.29 is 22.3 Å². The molecule has 0 spiro atoms. The van der Waals surface area contributed by atoms with Gasteiger partial charge in [-0.05, 0) is 31.1 Å². The van der Waals surface area contributed by atoms with Crippen molar-refractivity contribution in [3.8, 4) is 0 Å². The SMILES string of the molecule is COC1c2c(F)c(F)c(F)c(F)c2C2CCC1C2. The van der Waals surface area contributed by atoms with Gasteiger partial charge in [0.25, 0.3) is 0 Å². The summed E-state index contributed by atoms with van der Waals surface area (Å²) in [6.07, 6.45) is 1.40. The van der Waals surface area contributed by atoms with Gasteiger partial charge in [-0.15, -0.1) is 0 Å². The van der Waals surface area contributed by atoms with Gasteiger partial charge < -0.3 is 4.74 Å². The van der Waals surface area contributed by atoms with Gasteiger partial charge >= 0.3 is 0 Å². The Labute approximate surface area is 102 Å². The number of halogens is 4. The lowest BCUT2D eigenvalue weighted by molar-refractivity contribution is 0.0432. The molecule has 3 rings (SSSR count). The molecule has 0 amide bonds. The minimum Gasteiger partial charge on any atom is -0.376 e. The van der Waals surface area contributed by atoms with Crippen LogP contribution in [0.3, 0.4) is 0 Å². The molecule has 0 aromatic heterocycles. The molecule has 3 atom stereocenters. The highest BCUT2D eigenvalue weighted by Crippen LogP contribution is 2.54. The van der Waals surface area contributed by atoms with Gasteiger partial charge in [0.1, 0.15) is 0 Å². The van der Waals surface area contributed by atoms with Crippen molar-refractivity contribution in [2.45, 2.75) is 31.3 Å². The maximum atomic E-state index is 13.9. The van der Waals surface area contributed by atoms with Crippen LogP contribution in [0.2, 0.25) is 0 Å². The Balaban J connectivity index is 2.31. The van der Waals surface area contributed by atoms with Crippen LogP contribution in [-0.2, 0) is 4.74 Å². The Bertz CT molecular complexity index is 514. The van der Waals surface area contributed by atoms with Crippen LogP contribution >= 0.6 is 0 Å². The summed E-state index contributed by atoms with van der Waals surface area (Å²) in [6.45, 7) is 0. The van der Waals surface area contributed by atoms with Crippen LogP contribution in [0.25, 0.3) is 0 Å². The van der Waals surface area contributed by atoms with Gasteiger partial charge in [0.05, 0.1) is 6.10 Å². The van der Waals surface area contributed by atoms with E-state index in [1.807, 2.05) is 0 Å². The Morgan fingerprint density at radius 1 is 0.889 bits per heavy atom. The van der Waals surface area contributed by atoms with Crippen LogP contribution < -0.4 is 0 Å². The van der Waals surface area contributed by atoms with E-state index in [4.69, 9.17) is 4.74 Å². The molecule has 3 unspecified atom stereocenters. The summed E-state index contributed by atoms with van der Waals surface area (Å²) in [5.41, 5.74) is -0.139. The predicted molar refractivity (Wildman–Crippen MR) is 56.1 cm³/mol. The van der Waals surface area contributed by atoms with E-state index in [-0.39, 0.29) is 23.0 Å². The van der Waals surface area contributed by atoms with Crippen molar-refractivity contribution in [3.05, 3.63) is 34.4 Å². The number of hydrogen-bond acceptors (Lipinski definition) is 1. The highest BCUT2D eigenvalue weighted by Gasteiger charge is 2.45. The van der Waals surface area contributed by atoms with Gasteiger partial charge in [-0.1, -0.05) is 0 Å². The summed E-state index contributed by atoms with van der Waals surface area (Å²) in [4.78, 5) is 0. The van der Waals surface area contributed by atoms with Gasteiger partial charge in [0.15, 0.2) is 23.3 Å². The van der Waals surface area contributed by atoms with E-state index < -0.39 is 29.4 Å². The molecule has 2 bridgehead atoms. The fraction of sp³-hybridized carbons (Fsp3) is 0.538. The molecule has 0 aliphatic heterocycles. The molecule has 98 valence electrons. The van der Waals surface area contributed by atoms with E-state index in [0.29, 0.717) is 12.8 Å². The fourth-order valence-electron chi connectivity index (χ4n) is 3.44. The summed E-state index contributed by atoms with van der Waals surface area (Å²) in [6, 6.07) is 0. The quantitative estimate of drug-likeness (QED) is 0.423. The van der Waals surface area contributed by atoms with Crippen molar-refractivity contribution in [1.82, 2.24) is 0 Å². The first-order valence-electron chi connectivity index (χ1n) is 5.94. The Morgan fingerprint density at radius 3 is 2.11 bits per heavy atom. The van der Waals surface area contributed by atoms with Gasteiger partial charge in [-0.2, -0.15) is 0 Å². The zero-order valence-electron chi connectivity index (χ0n) is 9.77. The lowest BCUT2D eigenvalue weighted by atomic mass is 9.80. The van der Waals surface area contributed by atoms with Crippen LogP contribution in [0.4, 0.5) is 17.6 Å². The summed E-state index contributed by atoms with van der Waals surface area (Å²) in [5.74, 6) is -6.17. The summed E-state index contributed by atoms with van der Waals surface area (Å²) in [7, 11) is 1.38. The molecule has 0 saturated heterocycles. The smallest absolute Gasteiger partial charge is 0.197 e. The Kier molecular flexibility index (Phi) is 2.62. The molecule has 1 aromatic rings. The van der Waals surface area contributed by atoms with E-state index in [0.717, 1.165) is 6.42 Å². The molecule has 0 N–H and O–H groups in total. The molecule has 0 radical (unpaired) electrons. The van der Waals surface area contributed by atoms with Crippen molar-refractivity contribution in [2.75, 3.05) is 7.11 Å². The number of benzene rings is 1. The van der Waals surface area contributed by atoms with Crippen LogP contribution in [0.1, 0.15) is 42.4 Å². The highest BCUT2D eigenvalue weighted by atomic mass is 19.2. The normalized spacial score (nSPS) is 29.5. The molecule has 0 heterocycles. The molecular weight excluding hydrogens is 248 g/mol. The minimum atomic E-state index is -1.74. The largest absolute Gasteiger partial charge is 0.376 e. The van der Waals surface area contributed by atoms with Crippen molar-refractivity contribution in [2.24, 2.45) is 5.92 Å². The second kappa shape index (κ2) is 3.95. The van der Waals surface area contributed by atoms with Crippen molar-refractivity contribution >= 4 is 0 Å². The van der Waals surface area contributed by atoms with E-state index >= 15 is 0 Å². The van der Waals surface area contributed by atoms with Gasteiger partial charge in [-0.25, -0.2) is 17.6 Å². The fourth-order valence-corrected chi connectivity index (χ4v) is 3.44. The predicted octanol–water partition coefficient (Wildman–Crippen LogP) is 3.83. The van der Waals surface area contributed by atoms with Crippen molar-refractivity contribution in [1.29, 1.82) is 0 Å². The van der Waals surface area contributed by atoms with Gasteiger partial charge in [0, 0.05) is 18.2 Å². The van der Waals surface area contributed by atoms with Crippen LogP contribution in [-0.4, -0.2) is 7.11 Å². The van der Waals surface area contributed by atoms with E-state index in [1.165, 1.54) is 7.11 Å². The minimum absolute atomic E-state index is 0.0213. The van der Waals surface area contributed by atoms with Gasteiger partial charge in [-0.3, -0.25) is 0 Å². The number of fused-ring (bicyclic) bond motifs is 4. The molecule has 2 aliphatic carbocycles. The van der Waals surface area contributed by atoms with Gasteiger partial charge in [0.2, 0.25) is 0 Å². The third-order valence-corrected chi connectivity index (χ3v) is 4.19. The molecule has 2 aliphatic rings. The van der Waals surface area contributed by atoms with Crippen LogP contribution in [0, 0.1) is 29.2 Å². The standard InChI is InChI=1S/C13H12F4O/c1-18-13-6-3-2-5(4-6)7-8(13)10(15)12(17)11(16)9(7)14/h5-6,13H,2-4H2,1H3. The Morgan fingerprint density at radius 2 is 1.50 bits per heavy atom. The maximum absolute atomic E-state index is 13.9. The maximum Gasteiger partial charge on any atom is 0.197 e. The molecule has 1 fully saturated rings. The van der Waals surface area contributed by atoms with Crippen molar-refractivity contribution in [3.63, 3.8) is 0 Å². The number of hydrogen-bond donors (Lipinski definition) is 0. The lowest BCUT2D eigenvalue weighted by Gasteiger charge is -2.31. The second-order valence-corrected chi connectivity index (χ2v) is 5.01. The first kappa shape index (κ1) is 12.0. The van der Waals surface area contributed by atoms with Crippen LogP contribution in [0.5, 0.6) is 0 Å². The first-order valence-corrected chi connectivity index (χ1v) is 5.94. The molecule has 1 aromatic carbocycles. The monoisotopic (exact) mass is 260 g/mol. The topological polar surface area (TPSA) is 9.23 Å². The van der Waals surface area contributed by atoms with E-state index in [9.17, 15) is 17.6 Å². The third kappa shape index (κ3) is 1.37. The zero-order valence-corrected chi connectivity index (χ0v) is 9.77. The third-order valence-electron chi connectivity index (χ3n) is 4.19. The number of rotatable bonds is 1. The zero-order chi connectivity index (χ0) is 13.0. The number of ether oxygens (including phenoxy) is 1. The second-order valence-electron chi connectivity index (χ2n) is 5.01. The molecule has 1 saturated carbocycles.